The van der Waals surface area contributed by atoms with Gasteiger partial charge in [0.2, 0.25) is 21.8 Å². The minimum atomic E-state index is -3.72. The van der Waals surface area contributed by atoms with Crippen molar-refractivity contribution in [1.82, 2.24) is 10.2 Å². The van der Waals surface area contributed by atoms with Crippen molar-refractivity contribution in [2.45, 2.75) is 46.6 Å². The largest absolute Gasteiger partial charge is 0.354 e. The van der Waals surface area contributed by atoms with E-state index in [1.54, 1.807) is 19.1 Å². The Morgan fingerprint density at radius 1 is 0.941 bits per heavy atom. The lowest BCUT2D eigenvalue weighted by molar-refractivity contribution is -0.138. The van der Waals surface area contributed by atoms with E-state index in [0.717, 1.165) is 28.1 Å². The Bertz CT molecular complexity index is 1040. The molecule has 0 saturated carbocycles. The first kappa shape index (κ1) is 27.4. The van der Waals surface area contributed by atoms with Gasteiger partial charge in [0, 0.05) is 13.1 Å². The molecule has 0 aliphatic rings. The average molecular weight is 488 g/mol. The zero-order valence-corrected chi connectivity index (χ0v) is 21.6. The number of hydrogen-bond acceptors (Lipinski definition) is 4. The summed E-state index contributed by atoms with van der Waals surface area (Å²) in [7, 11) is -3.72. The van der Waals surface area contributed by atoms with Crippen LogP contribution in [-0.4, -0.2) is 57.1 Å². The summed E-state index contributed by atoms with van der Waals surface area (Å²) in [6.07, 6.45) is 2.47. The molecule has 0 saturated heterocycles. The quantitative estimate of drug-likeness (QED) is 0.498. The summed E-state index contributed by atoms with van der Waals surface area (Å²) in [5.41, 5.74) is 2.53. The molecule has 2 aromatic rings. The molecule has 1 atom stereocenters. The van der Waals surface area contributed by atoms with Crippen molar-refractivity contribution in [3.05, 3.63) is 65.7 Å². The Morgan fingerprint density at radius 2 is 1.56 bits per heavy atom. The summed E-state index contributed by atoms with van der Waals surface area (Å²) in [5.74, 6) is -0.405. The molecule has 0 unspecified atom stereocenters. The highest BCUT2D eigenvalue weighted by atomic mass is 32.2. The number of carbonyl (C=O) groups excluding carboxylic acids is 2. The van der Waals surface area contributed by atoms with Gasteiger partial charge in [0.05, 0.1) is 11.9 Å². The predicted octanol–water partition coefficient (Wildman–Crippen LogP) is 3.25. The summed E-state index contributed by atoms with van der Waals surface area (Å²) in [4.78, 5) is 27.7. The van der Waals surface area contributed by atoms with Crippen LogP contribution in [0.4, 0.5) is 5.69 Å². The number of anilines is 1. The van der Waals surface area contributed by atoms with Crippen LogP contribution in [0.1, 0.15) is 38.8 Å². The van der Waals surface area contributed by atoms with E-state index in [1.165, 1.54) is 4.90 Å². The van der Waals surface area contributed by atoms with E-state index < -0.39 is 22.0 Å². The smallest absolute Gasteiger partial charge is 0.244 e. The highest BCUT2D eigenvalue weighted by Gasteiger charge is 2.29. The fraction of sp³-hybridized carbons (Fsp3) is 0.462. The molecule has 2 aromatic carbocycles. The van der Waals surface area contributed by atoms with Gasteiger partial charge in [-0.05, 0) is 48.9 Å². The average Bonchev–Trinajstić information content (AvgIpc) is 2.81. The first-order chi connectivity index (χ1) is 16.0. The molecule has 0 heterocycles. The molecule has 8 heteroatoms. The van der Waals surface area contributed by atoms with Gasteiger partial charge in [-0.3, -0.25) is 13.9 Å². The van der Waals surface area contributed by atoms with E-state index in [9.17, 15) is 18.0 Å². The third-order valence-electron chi connectivity index (χ3n) is 5.65. The van der Waals surface area contributed by atoms with Crippen LogP contribution in [0.2, 0.25) is 0 Å². The lowest BCUT2D eigenvalue weighted by atomic mass is 10.1. The zero-order chi connectivity index (χ0) is 25.3. The predicted molar refractivity (Wildman–Crippen MR) is 137 cm³/mol. The van der Waals surface area contributed by atoms with Crippen molar-refractivity contribution >= 4 is 27.5 Å². The second-order valence-electron chi connectivity index (χ2n) is 8.93. The fourth-order valence-electron chi connectivity index (χ4n) is 3.53. The van der Waals surface area contributed by atoms with E-state index in [0.29, 0.717) is 25.2 Å². The van der Waals surface area contributed by atoms with Crippen molar-refractivity contribution in [3.63, 3.8) is 0 Å². The number of benzene rings is 2. The molecule has 186 valence electrons. The monoisotopic (exact) mass is 487 g/mol. The second-order valence-corrected chi connectivity index (χ2v) is 10.8. The fourth-order valence-corrected chi connectivity index (χ4v) is 4.38. The molecule has 34 heavy (non-hydrogen) atoms. The summed E-state index contributed by atoms with van der Waals surface area (Å²) in [6, 6.07) is 16.1. The van der Waals surface area contributed by atoms with Crippen LogP contribution in [0.3, 0.4) is 0 Å². The van der Waals surface area contributed by atoms with E-state index >= 15 is 0 Å². The van der Waals surface area contributed by atoms with Gasteiger partial charge in [-0.1, -0.05) is 63.2 Å². The van der Waals surface area contributed by atoms with E-state index in [-0.39, 0.29) is 18.4 Å². The lowest BCUT2D eigenvalue weighted by Crippen LogP contribution is -2.52. The lowest BCUT2D eigenvalue weighted by Gasteiger charge is -2.31. The minimum absolute atomic E-state index is 0.256. The maximum absolute atomic E-state index is 13.4. The van der Waals surface area contributed by atoms with Gasteiger partial charge in [0.1, 0.15) is 12.6 Å². The van der Waals surface area contributed by atoms with Crippen LogP contribution < -0.4 is 9.62 Å². The Labute approximate surface area is 204 Å². The summed E-state index contributed by atoms with van der Waals surface area (Å²) in [5, 5.41) is 2.88. The van der Waals surface area contributed by atoms with Gasteiger partial charge in [0.15, 0.2) is 0 Å². The Morgan fingerprint density at radius 3 is 2.09 bits per heavy atom. The van der Waals surface area contributed by atoms with E-state index in [2.05, 4.69) is 5.32 Å². The zero-order valence-electron chi connectivity index (χ0n) is 20.8. The number of carbonyl (C=O) groups is 2. The van der Waals surface area contributed by atoms with Crippen LogP contribution >= 0.6 is 0 Å². The molecule has 0 fully saturated rings. The number of amides is 2. The SMILES string of the molecule is CCc1ccc(N(CC(=O)N(CCc2ccccc2)[C@H](C)C(=O)NCC(C)C)S(C)(=O)=O)cc1. The van der Waals surface area contributed by atoms with Gasteiger partial charge in [-0.25, -0.2) is 8.42 Å². The number of rotatable bonds is 12. The van der Waals surface area contributed by atoms with Crippen molar-refractivity contribution < 1.29 is 18.0 Å². The normalized spacial score (nSPS) is 12.3. The molecule has 0 radical (unpaired) electrons. The number of aryl methyl sites for hydroxylation is 1. The van der Waals surface area contributed by atoms with Crippen LogP contribution in [0, 0.1) is 5.92 Å². The van der Waals surface area contributed by atoms with E-state index in [1.807, 2.05) is 63.2 Å². The molecule has 0 spiro atoms. The van der Waals surface area contributed by atoms with Gasteiger partial charge in [-0.15, -0.1) is 0 Å². The molecular formula is C26H37N3O4S. The third-order valence-corrected chi connectivity index (χ3v) is 6.79. The minimum Gasteiger partial charge on any atom is -0.354 e. The van der Waals surface area contributed by atoms with Gasteiger partial charge in [0.25, 0.3) is 0 Å². The van der Waals surface area contributed by atoms with Crippen molar-refractivity contribution in [2.24, 2.45) is 5.92 Å². The standard InChI is InChI=1S/C26H37N3O4S/c1-6-22-12-14-24(15-13-22)29(34(5,32)33)19-25(30)28(17-16-23-10-8-7-9-11-23)21(4)26(31)27-18-20(2)3/h7-15,20-21H,6,16-19H2,1-5H3,(H,27,31)/t21-/m1/s1. The summed E-state index contributed by atoms with van der Waals surface area (Å²) >= 11 is 0. The topological polar surface area (TPSA) is 86.8 Å². The molecule has 0 aliphatic heterocycles. The molecule has 0 aliphatic carbocycles. The van der Waals surface area contributed by atoms with E-state index in [4.69, 9.17) is 0 Å². The maximum Gasteiger partial charge on any atom is 0.244 e. The molecule has 2 amide bonds. The van der Waals surface area contributed by atoms with Gasteiger partial charge in [-0.2, -0.15) is 0 Å². The number of sulfonamides is 1. The molecule has 1 N–H and O–H groups in total. The van der Waals surface area contributed by atoms with Crippen molar-refractivity contribution in [2.75, 3.05) is 30.2 Å². The molecule has 2 rings (SSSR count). The maximum atomic E-state index is 13.4. The number of nitrogens with one attached hydrogen (secondary N) is 1. The van der Waals surface area contributed by atoms with Crippen LogP contribution in [0.25, 0.3) is 0 Å². The van der Waals surface area contributed by atoms with Crippen molar-refractivity contribution in [3.8, 4) is 0 Å². The highest BCUT2D eigenvalue weighted by Crippen LogP contribution is 2.19. The Hall–Kier alpha value is -2.87. The third kappa shape index (κ3) is 8.17. The highest BCUT2D eigenvalue weighted by molar-refractivity contribution is 7.92. The molecular weight excluding hydrogens is 450 g/mol. The summed E-state index contributed by atoms with van der Waals surface area (Å²) in [6.45, 7) is 8.12. The summed E-state index contributed by atoms with van der Waals surface area (Å²) < 4.78 is 26.3. The van der Waals surface area contributed by atoms with Crippen LogP contribution in [-0.2, 0) is 32.5 Å². The van der Waals surface area contributed by atoms with Crippen LogP contribution in [0.5, 0.6) is 0 Å². The molecule has 0 bridgehead atoms. The second kappa shape index (κ2) is 12.6. The first-order valence-corrected chi connectivity index (χ1v) is 13.6. The van der Waals surface area contributed by atoms with Gasteiger partial charge >= 0.3 is 0 Å². The van der Waals surface area contributed by atoms with Gasteiger partial charge < -0.3 is 10.2 Å². The Kier molecular flexibility index (Phi) is 10.1. The number of hydrogen-bond donors (Lipinski definition) is 1. The molecule has 7 nitrogen and oxygen atoms in total. The Balaban J connectivity index is 2.28. The van der Waals surface area contributed by atoms with Crippen LogP contribution in [0.15, 0.2) is 54.6 Å². The van der Waals surface area contributed by atoms with Crippen molar-refractivity contribution in [1.29, 1.82) is 0 Å². The molecule has 0 aromatic heterocycles. The number of nitrogens with zero attached hydrogens (tertiary/aromatic N) is 2. The first-order valence-electron chi connectivity index (χ1n) is 11.7.